The molecular formula is C14H17N3O2. The lowest BCUT2D eigenvalue weighted by Gasteiger charge is -2.46. The molecule has 0 bridgehead atoms. The number of amides is 1. The van der Waals surface area contributed by atoms with Crippen molar-refractivity contribution in [1.82, 2.24) is 14.8 Å². The van der Waals surface area contributed by atoms with Crippen LogP contribution < -0.4 is 0 Å². The Morgan fingerprint density at radius 2 is 2.16 bits per heavy atom. The molecule has 5 heteroatoms. The number of hydrogen-bond acceptors (Lipinski definition) is 4. The van der Waals surface area contributed by atoms with Crippen molar-refractivity contribution in [2.75, 3.05) is 33.4 Å². The SMILES string of the molecule is CN1C(=O)C=CC1(c1cccnc1)N1CCOCC1. The molecule has 1 atom stereocenters. The van der Waals surface area contributed by atoms with Gasteiger partial charge in [0, 0.05) is 44.2 Å². The first-order valence-corrected chi connectivity index (χ1v) is 6.45. The van der Waals surface area contributed by atoms with Crippen molar-refractivity contribution in [2.24, 2.45) is 0 Å². The van der Waals surface area contributed by atoms with Crippen LogP contribution in [0.25, 0.3) is 0 Å². The number of hydrogen-bond donors (Lipinski definition) is 0. The van der Waals surface area contributed by atoms with Crippen molar-refractivity contribution in [3.8, 4) is 0 Å². The zero-order valence-electron chi connectivity index (χ0n) is 11.0. The highest BCUT2D eigenvalue weighted by atomic mass is 16.5. The van der Waals surface area contributed by atoms with E-state index in [0.717, 1.165) is 18.7 Å². The molecule has 1 unspecified atom stereocenters. The number of likely N-dealkylation sites (N-methyl/N-ethyl adjacent to an activating group) is 1. The van der Waals surface area contributed by atoms with E-state index in [1.54, 1.807) is 17.2 Å². The van der Waals surface area contributed by atoms with E-state index in [1.807, 2.05) is 31.5 Å². The first kappa shape index (κ1) is 12.3. The summed E-state index contributed by atoms with van der Waals surface area (Å²) in [5.74, 6) is 0.0235. The maximum absolute atomic E-state index is 12.0. The average Bonchev–Trinajstić information content (AvgIpc) is 2.78. The minimum absolute atomic E-state index is 0.0235. The van der Waals surface area contributed by atoms with Crippen LogP contribution in [0.1, 0.15) is 5.56 Å². The summed E-state index contributed by atoms with van der Waals surface area (Å²) >= 11 is 0. The number of carbonyl (C=O) groups excluding carboxylic acids is 1. The second kappa shape index (κ2) is 4.75. The van der Waals surface area contributed by atoms with Gasteiger partial charge >= 0.3 is 0 Å². The van der Waals surface area contributed by atoms with E-state index in [2.05, 4.69) is 9.88 Å². The number of aromatic nitrogens is 1. The Balaban J connectivity index is 2.06. The molecule has 0 saturated carbocycles. The Bertz CT molecular complexity index is 497. The van der Waals surface area contributed by atoms with E-state index < -0.39 is 5.66 Å². The molecule has 5 nitrogen and oxygen atoms in total. The Morgan fingerprint density at radius 1 is 1.37 bits per heavy atom. The second-order valence-electron chi connectivity index (χ2n) is 4.80. The third-order valence-electron chi connectivity index (χ3n) is 3.88. The van der Waals surface area contributed by atoms with Gasteiger partial charge in [0.25, 0.3) is 0 Å². The molecule has 0 aromatic carbocycles. The van der Waals surface area contributed by atoms with Gasteiger partial charge in [-0.15, -0.1) is 0 Å². The topological polar surface area (TPSA) is 45.7 Å². The van der Waals surface area contributed by atoms with E-state index in [9.17, 15) is 4.79 Å². The number of carbonyl (C=O) groups is 1. The first-order valence-electron chi connectivity index (χ1n) is 6.45. The van der Waals surface area contributed by atoms with Crippen molar-refractivity contribution in [3.63, 3.8) is 0 Å². The molecular weight excluding hydrogens is 242 g/mol. The van der Waals surface area contributed by atoms with Gasteiger partial charge in [0.15, 0.2) is 0 Å². The smallest absolute Gasteiger partial charge is 0.248 e. The lowest BCUT2D eigenvalue weighted by Crippen LogP contribution is -2.57. The fourth-order valence-electron chi connectivity index (χ4n) is 2.85. The van der Waals surface area contributed by atoms with E-state index in [4.69, 9.17) is 4.74 Å². The van der Waals surface area contributed by atoms with E-state index in [0.29, 0.717) is 13.2 Å². The predicted octanol–water partition coefficient (Wildman–Crippen LogP) is 0.595. The molecule has 1 saturated heterocycles. The summed E-state index contributed by atoms with van der Waals surface area (Å²) in [6, 6.07) is 3.92. The Morgan fingerprint density at radius 3 is 2.74 bits per heavy atom. The molecule has 0 radical (unpaired) electrons. The lowest BCUT2D eigenvalue weighted by atomic mass is 9.98. The standard InChI is InChI=1S/C14H17N3O2/c1-16-13(18)4-5-14(16,12-3-2-6-15-11-12)17-7-9-19-10-8-17/h2-6,11H,7-10H2,1H3. The number of nitrogens with zero attached hydrogens (tertiary/aromatic N) is 3. The molecule has 3 heterocycles. The maximum atomic E-state index is 12.0. The second-order valence-corrected chi connectivity index (χ2v) is 4.80. The van der Waals surface area contributed by atoms with Crippen LogP contribution in [-0.4, -0.2) is 54.0 Å². The Hall–Kier alpha value is -1.72. The van der Waals surface area contributed by atoms with Gasteiger partial charge in [0.05, 0.1) is 13.2 Å². The van der Waals surface area contributed by atoms with Crippen LogP contribution in [0.15, 0.2) is 36.7 Å². The highest BCUT2D eigenvalue weighted by Gasteiger charge is 2.46. The molecule has 19 heavy (non-hydrogen) atoms. The predicted molar refractivity (Wildman–Crippen MR) is 70.2 cm³/mol. The Labute approximate surface area is 112 Å². The molecule has 3 rings (SSSR count). The van der Waals surface area contributed by atoms with E-state index >= 15 is 0 Å². The van der Waals surface area contributed by atoms with Gasteiger partial charge in [-0.25, -0.2) is 0 Å². The minimum Gasteiger partial charge on any atom is -0.379 e. The van der Waals surface area contributed by atoms with Crippen LogP contribution in [0.3, 0.4) is 0 Å². The van der Waals surface area contributed by atoms with Crippen molar-refractivity contribution in [3.05, 3.63) is 42.2 Å². The molecule has 1 fully saturated rings. The van der Waals surface area contributed by atoms with Crippen LogP contribution in [0, 0.1) is 0 Å². The monoisotopic (exact) mass is 259 g/mol. The highest BCUT2D eigenvalue weighted by molar-refractivity contribution is 5.91. The zero-order valence-corrected chi connectivity index (χ0v) is 11.0. The summed E-state index contributed by atoms with van der Waals surface area (Å²) in [4.78, 5) is 20.2. The molecule has 1 aromatic heterocycles. The number of pyridine rings is 1. The molecule has 100 valence electrons. The van der Waals surface area contributed by atoms with Gasteiger partial charge < -0.3 is 9.64 Å². The third kappa shape index (κ3) is 1.86. The summed E-state index contributed by atoms with van der Waals surface area (Å²) in [5.41, 5.74) is 0.497. The zero-order chi connectivity index (χ0) is 13.3. The van der Waals surface area contributed by atoms with Crippen LogP contribution in [-0.2, 0) is 15.2 Å². The normalized spacial score (nSPS) is 28.1. The number of rotatable bonds is 2. The van der Waals surface area contributed by atoms with Crippen LogP contribution in [0.2, 0.25) is 0 Å². The molecule has 1 aromatic rings. The van der Waals surface area contributed by atoms with Gasteiger partial charge in [0.1, 0.15) is 5.66 Å². The van der Waals surface area contributed by atoms with Gasteiger partial charge in [-0.2, -0.15) is 0 Å². The first-order chi connectivity index (χ1) is 9.25. The van der Waals surface area contributed by atoms with Crippen LogP contribution in [0.4, 0.5) is 0 Å². The van der Waals surface area contributed by atoms with E-state index in [1.165, 1.54) is 0 Å². The maximum Gasteiger partial charge on any atom is 0.248 e. The van der Waals surface area contributed by atoms with Crippen LogP contribution >= 0.6 is 0 Å². The van der Waals surface area contributed by atoms with Gasteiger partial charge in [-0.05, 0) is 12.1 Å². The summed E-state index contributed by atoms with van der Waals surface area (Å²) < 4.78 is 5.42. The molecule has 2 aliphatic heterocycles. The fraction of sp³-hybridized carbons (Fsp3) is 0.429. The van der Waals surface area contributed by atoms with Crippen molar-refractivity contribution >= 4 is 5.91 Å². The van der Waals surface area contributed by atoms with E-state index in [-0.39, 0.29) is 5.91 Å². The summed E-state index contributed by atoms with van der Waals surface area (Å²) in [6.07, 6.45) is 7.19. The van der Waals surface area contributed by atoms with Gasteiger partial charge in [-0.3, -0.25) is 14.7 Å². The molecule has 0 N–H and O–H groups in total. The molecule has 1 amide bonds. The number of morpholine rings is 1. The van der Waals surface area contributed by atoms with Gasteiger partial charge in [-0.1, -0.05) is 6.07 Å². The lowest BCUT2D eigenvalue weighted by molar-refractivity contribution is -0.137. The molecule has 2 aliphatic rings. The summed E-state index contributed by atoms with van der Waals surface area (Å²) in [5, 5.41) is 0. The highest BCUT2D eigenvalue weighted by Crippen LogP contribution is 2.37. The van der Waals surface area contributed by atoms with Crippen LogP contribution in [0.5, 0.6) is 0 Å². The summed E-state index contributed by atoms with van der Waals surface area (Å²) in [7, 11) is 1.84. The molecule has 0 spiro atoms. The quantitative estimate of drug-likeness (QED) is 0.780. The largest absolute Gasteiger partial charge is 0.379 e. The fourth-order valence-corrected chi connectivity index (χ4v) is 2.85. The van der Waals surface area contributed by atoms with Gasteiger partial charge in [0.2, 0.25) is 5.91 Å². The number of ether oxygens (including phenoxy) is 1. The van der Waals surface area contributed by atoms with Crippen molar-refractivity contribution in [2.45, 2.75) is 5.66 Å². The summed E-state index contributed by atoms with van der Waals surface area (Å²) in [6.45, 7) is 2.99. The third-order valence-corrected chi connectivity index (χ3v) is 3.88. The Kier molecular flexibility index (Phi) is 3.08. The minimum atomic E-state index is -0.519. The molecule has 0 aliphatic carbocycles. The average molecular weight is 259 g/mol. The van der Waals surface area contributed by atoms with Crippen molar-refractivity contribution in [1.29, 1.82) is 0 Å². The van der Waals surface area contributed by atoms with Crippen molar-refractivity contribution < 1.29 is 9.53 Å².